The molecular weight excluding hydrogens is 422 g/mol. The van der Waals surface area contributed by atoms with Gasteiger partial charge in [0, 0.05) is 35.5 Å². The van der Waals surface area contributed by atoms with E-state index in [1.54, 1.807) is 34.6 Å². The zero-order valence-corrected chi connectivity index (χ0v) is 18.9. The minimum atomic E-state index is -0.526. The number of rotatable bonds is 6. The zero-order chi connectivity index (χ0) is 22.9. The third kappa shape index (κ3) is 3.47. The predicted molar refractivity (Wildman–Crippen MR) is 122 cm³/mol. The van der Waals surface area contributed by atoms with Crippen LogP contribution in [0.3, 0.4) is 0 Å². The van der Waals surface area contributed by atoms with Crippen molar-refractivity contribution in [3.63, 3.8) is 0 Å². The predicted octanol–water partition coefficient (Wildman–Crippen LogP) is 4.36. The molecule has 0 saturated carbocycles. The first-order chi connectivity index (χ1) is 16.2. The second kappa shape index (κ2) is 8.54. The van der Waals surface area contributed by atoms with Gasteiger partial charge in [0.15, 0.2) is 23.0 Å². The van der Waals surface area contributed by atoms with Crippen LogP contribution in [0.2, 0.25) is 0 Å². The maximum absolute atomic E-state index is 6.54. The Morgan fingerprint density at radius 2 is 1.67 bits per heavy atom. The highest BCUT2D eigenvalue weighted by molar-refractivity contribution is 6.01. The van der Waals surface area contributed by atoms with Gasteiger partial charge in [0.1, 0.15) is 0 Å². The Balaban J connectivity index is 1.66. The van der Waals surface area contributed by atoms with Gasteiger partial charge in [-0.25, -0.2) is 5.01 Å². The van der Waals surface area contributed by atoms with E-state index in [0.29, 0.717) is 28.7 Å². The molecular formula is C25H25N3O5. The highest BCUT2D eigenvalue weighted by Crippen LogP contribution is 2.52. The minimum Gasteiger partial charge on any atom is -0.493 e. The van der Waals surface area contributed by atoms with E-state index in [2.05, 4.69) is 11.1 Å². The zero-order valence-electron chi connectivity index (χ0n) is 18.9. The lowest BCUT2D eigenvalue weighted by atomic mass is 9.96. The smallest absolute Gasteiger partial charge is 0.214 e. The normalized spacial score (nSPS) is 18.5. The van der Waals surface area contributed by atoms with Crippen molar-refractivity contribution < 1.29 is 23.7 Å². The number of benzene rings is 2. The molecule has 0 aliphatic carbocycles. The fourth-order valence-electron chi connectivity index (χ4n) is 4.42. The number of aromatic nitrogens is 1. The van der Waals surface area contributed by atoms with Crippen molar-refractivity contribution in [2.75, 3.05) is 28.4 Å². The van der Waals surface area contributed by atoms with Crippen LogP contribution in [-0.4, -0.2) is 44.1 Å². The molecule has 0 saturated heterocycles. The summed E-state index contributed by atoms with van der Waals surface area (Å²) < 4.78 is 28.8. The molecule has 0 radical (unpaired) electrons. The molecule has 2 unspecified atom stereocenters. The summed E-state index contributed by atoms with van der Waals surface area (Å²) in [7, 11) is 6.42. The van der Waals surface area contributed by atoms with Gasteiger partial charge in [0.25, 0.3) is 0 Å². The number of hydrogen-bond acceptors (Lipinski definition) is 8. The van der Waals surface area contributed by atoms with E-state index in [-0.39, 0.29) is 6.04 Å². The Morgan fingerprint density at radius 3 is 2.30 bits per heavy atom. The standard InChI is InChI=1S/C25H25N3O5/c1-29-20-9-5-8-17-19-13-18(15-7-6-10-26-14-15)27-28(19)25(33-23(17)20)16-11-21(30-2)24(32-4)22(12-16)31-3/h5-12,14,19,25H,13H2,1-4H3. The Morgan fingerprint density at radius 1 is 0.909 bits per heavy atom. The van der Waals surface area contributed by atoms with E-state index in [9.17, 15) is 0 Å². The number of para-hydroxylation sites is 1. The van der Waals surface area contributed by atoms with Gasteiger partial charge < -0.3 is 23.7 Å². The van der Waals surface area contributed by atoms with Gasteiger partial charge in [-0.3, -0.25) is 4.98 Å². The van der Waals surface area contributed by atoms with Gasteiger partial charge in [-0.15, -0.1) is 0 Å². The Bertz CT molecular complexity index is 1170. The number of ether oxygens (including phenoxy) is 5. The van der Waals surface area contributed by atoms with E-state index in [1.807, 2.05) is 47.6 Å². The molecule has 0 spiro atoms. The van der Waals surface area contributed by atoms with Crippen LogP contribution in [0, 0.1) is 0 Å². The first-order valence-electron chi connectivity index (χ1n) is 10.6. The summed E-state index contributed by atoms with van der Waals surface area (Å²) in [5, 5.41) is 6.97. The summed E-state index contributed by atoms with van der Waals surface area (Å²) in [6, 6.07) is 13.6. The fraction of sp³-hybridized carbons (Fsp3) is 0.280. The van der Waals surface area contributed by atoms with Crippen molar-refractivity contribution in [3.05, 3.63) is 71.5 Å². The minimum absolute atomic E-state index is 0.0249. The summed E-state index contributed by atoms with van der Waals surface area (Å²) >= 11 is 0. The molecule has 0 bridgehead atoms. The van der Waals surface area contributed by atoms with E-state index in [0.717, 1.165) is 28.8 Å². The molecule has 8 nitrogen and oxygen atoms in total. The lowest BCUT2D eigenvalue weighted by molar-refractivity contribution is -0.0211. The van der Waals surface area contributed by atoms with Crippen LogP contribution in [0.5, 0.6) is 28.7 Å². The van der Waals surface area contributed by atoms with Crippen LogP contribution in [0.25, 0.3) is 0 Å². The average molecular weight is 447 g/mol. The summed E-state index contributed by atoms with van der Waals surface area (Å²) in [6.07, 6.45) is 3.78. The molecule has 2 aliphatic rings. The molecule has 33 heavy (non-hydrogen) atoms. The molecule has 0 amide bonds. The molecule has 0 fully saturated rings. The SMILES string of the molecule is COc1cc(C2Oc3c(OC)cccc3C3CC(c4cccnc4)=NN32)cc(OC)c1OC. The second-order valence-electron chi connectivity index (χ2n) is 7.70. The molecule has 3 aromatic rings. The molecule has 2 aromatic carbocycles. The van der Waals surface area contributed by atoms with Crippen LogP contribution < -0.4 is 23.7 Å². The summed E-state index contributed by atoms with van der Waals surface area (Å²) in [6.45, 7) is 0. The Kier molecular flexibility index (Phi) is 5.42. The Labute approximate surface area is 192 Å². The number of methoxy groups -OCH3 is 4. The van der Waals surface area contributed by atoms with Crippen LogP contribution in [-0.2, 0) is 0 Å². The molecule has 3 heterocycles. The van der Waals surface area contributed by atoms with Crippen molar-refractivity contribution in [1.82, 2.24) is 9.99 Å². The number of pyridine rings is 1. The molecule has 2 aliphatic heterocycles. The second-order valence-corrected chi connectivity index (χ2v) is 7.70. The maximum atomic E-state index is 6.54. The van der Waals surface area contributed by atoms with Gasteiger partial charge in [-0.1, -0.05) is 18.2 Å². The van der Waals surface area contributed by atoms with Crippen molar-refractivity contribution >= 4 is 5.71 Å². The largest absolute Gasteiger partial charge is 0.493 e. The number of fused-ring (bicyclic) bond motifs is 3. The number of nitrogens with zero attached hydrogens (tertiary/aromatic N) is 3. The fourth-order valence-corrected chi connectivity index (χ4v) is 4.42. The van der Waals surface area contributed by atoms with E-state index in [4.69, 9.17) is 28.8 Å². The van der Waals surface area contributed by atoms with E-state index in [1.165, 1.54) is 0 Å². The molecule has 2 atom stereocenters. The maximum Gasteiger partial charge on any atom is 0.214 e. The monoisotopic (exact) mass is 447 g/mol. The number of hydrogen-bond donors (Lipinski definition) is 0. The summed E-state index contributed by atoms with van der Waals surface area (Å²) in [5.41, 5.74) is 3.78. The topological polar surface area (TPSA) is 74.6 Å². The third-order valence-electron chi connectivity index (χ3n) is 5.97. The molecule has 1 aromatic heterocycles. The van der Waals surface area contributed by atoms with Crippen LogP contribution in [0.1, 0.15) is 35.4 Å². The van der Waals surface area contributed by atoms with Crippen LogP contribution >= 0.6 is 0 Å². The van der Waals surface area contributed by atoms with Crippen molar-refractivity contribution in [2.45, 2.75) is 18.7 Å². The van der Waals surface area contributed by atoms with Crippen LogP contribution in [0.15, 0.2) is 60.0 Å². The van der Waals surface area contributed by atoms with Crippen LogP contribution in [0.4, 0.5) is 0 Å². The quantitative estimate of drug-likeness (QED) is 0.556. The summed E-state index contributed by atoms with van der Waals surface area (Å²) in [4.78, 5) is 4.26. The van der Waals surface area contributed by atoms with Gasteiger partial charge in [-0.05, 0) is 24.3 Å². The lowest BCUT2D eigenvalue weighted by Gasteiger charge is -2.38. The highest BCUT2D eigenvalue weighted by atomic mass is 16.5. The third-order valence-corrected chi connectivity index (χ3v) is 5.97. The first-order valence-corrected chi connectivity index (χ1v) is 10.6. The summed E-state index contributed by atoms with van der Waals surface area (Å²) in [5.74, 6) is 3.01. The Hall–Kier alpha value is -3.94. The van der Waals surface area contributed by atoms with Crippen molar-refractivity contribution in [2.24, 2.45) is 5.10 Å². The van der Waals surface area contributed by atoms with Gasteiger partial charge in [0.2, 0.25) is 12.0 Å². The lowest BCUT2D eigenvalue weighted by Crippen LogP contribution is -2.34. The molecule has 5 rings (SSSR count). The highest BCUT2D eigenvalue weighted by Gasteiger charge is 2.42. The number of hydrazone groups is 1. The van der Waals surface area contributed by atoms with Crippen molar-refractivity contribution in [3.8, 4) is 28.7 Å². The molecule has 170 valence electrons. The van der Waals surface area contributed by atoms with Gasteiger partial charge >= 0.3 is 0 Å². The van der Waals surface area contributed by atoms with E-state index < -0.39 is 6.23 Å². The van der Waals surface area contributed by atoms with Crippen molar-refractivity contribution in [1.29, 1.82) is 0 Å². The molecule has 8 heteroatoms. The first kappa shape index (κ1) is 20.9. The average Bonchev–Trinajstić information content (AvgIpc) is 3.33. The van der Waals surface area contributed by atoms with E-state index >= 15 is 0 Å². The molecule has 0 N–H and O–H groups in total. The van der Waals surface area contributed by atoms with Gasteiger partial charge in [-0.2, -0.15) is 5.10 Å². The van der Waals surface area contributed by atoms with Gasteiger partial charge in [0.05, 0.1) is 40.2 Å².